The first-order valence-electron chi connectivity index (χ1n) is 27.0. The third kappa shape index (κ3) is 18.9. The van der Waals surface area contributed by atoms with E-state index in [1.807, 2.05) is 86.8 Å². The number of nitrogens with one attached hydrogen (secondary N) is 2. The van der Waals surface area contributed by atoms with Crippen molar-refractivity contribution < 1.29 is 61.3 Å². The molecule has 3 aliphatic heterocycles. The molecule has 430 valence electrons. The van der Waals surface area contributed by atoms with Crippen molar-refractivity contribution in [1.29, 1.82) is 5.26 Å². The highest BCUT2D eigenvalue weighted by atomic mass is 19.3. The summed E-state index contributed by atoms with van der Waals surface area (Å²) in [7, 11) is 0. The molecule has 0 radical (unpaired) electrons. The monoisotopic (exact) mass is 1090 g/mol. The summed E-state index contributed by atoms with van der Waals surface area (Å²) in [6, 6.07) is 6.81. The molecule has 2 N–H and O–H groups in total. The van der Waals surface area contributed by atoms with E-state index in [4.69, 9.17) is 18.9 Å². The van der Waals surface area contributed by atoms with Gasteiger partial charge in [-0.15, -0.1) is 0 Å². The van der Waals surface area contributed by atoms with Gasteiger partial charge in [0.25, 0.3) is 11.8 Å². The Morgan fingerprint density at radius 2 is 1.21 bits per heavy atom. The number of halogens is 2. The van der Waals surface area contributed by atoms with Gasteiger partial charge in [0.1, 0.15) is 22.8 Å². The van der Waals surface area contributed by atoms with Gasteiger partial charge in [0.2, 0.25) is 17.7 Å². The first-order valence-corrected chi connectivity index (χ1v) is 27.0. The molecule has 3 saturated heterocycles. The smallest absolute Gasteiger partial charge is 0.320 e. The minimum atomic E-state index is -3.20. The molecule has 6 rings (SSSR count). The van der Waals surface area contributed by atoms with Crippen LogP contribution in [0.5, 0.6) is 0 Å². The lowest BCUT2D eigenvalue weighted by Crippen LogP contribution is -2.57. The molecule has 1 atom stereocenters. The van der Waals surface area contributed by atoms with Gasteiger partial charge < -0.3 is 39.4 Å². The van der Waals surface area contributed by atoms with Gasteiger partial charge in [-0.1, -0.05) is 0 Å². The van der Waals surface area contributed by atoms with E-state index < -0.39 is 77.6 Å². The summed E-state index contributed by atoms with van der Waals surface area (Å²) < 4.78 is 51.4. The van der Waals surface area contributed by atoms with Crippen molar-refractivity contribution in [3.63, 3.8) is 0 Å². The minimum Gasteiger partial charge on any atom is -0.459 e. The summed E-state index contributed by atoms with van der Waals surface area (Å²) in [5.74, 6) is -6.54. The number of benzene rings is 1. The number of amides is 4. The van der Waals surface area contributed by atoms with Gasteiger partial charge >= 0.3 is 17.9 Å². The molecule has 0 bridgehead atoms. The fourth-order valence-electron chi connectivity index (χ4n) is 10.2. The molecule has 2 aromatic rings. The number of rotatable bonds is 13. The van der Waals surface area contributed by atoms with E-state index in [-0.39, 0.29) is 55.4 Å². The molecule has 1 aromatic heterocycles. The van der Waals surface area contributed by atoms with Gasteiger partial charge in [-0.2, -0.15) is 5.26 Å². The Hall–Kier alpha value is -5.93. The van der Waals surface area contributed by atoms with Crippen molar-refractivity contribution >= 4 is 58.1 Å². The van der Waals surface area contributed by atoms with Crippen LogP contribution in [0.4, 0.5) is 14.5 Å². The van der Waals surface area contributed by atoms with Crippen LogP contribution in [0.15, 0.2) is 30.5 Å². The first kappa shape index (κ1) is 61.3. The number of likely N-dealkylation sites (tertiary alicyclic amines) is 1. The number of hydrogen-bond donors (Lipinski definition) is 2. The number of hydrogen-bond acceptors (Lipinski definition) is 17. The SMILES string of the molecule is CC(C)(C)OC(=O)CN1CCN(CC(=O)OC(C)(C)C)CCN(CC(=O)N2CCOC3(CCC(C(=O)Nc4ccc5nccc(C(=O)NCC(=O)N6CC(F)(F)C[C@H]6C#N)c5c4)CC3)C2)CCN(CC(=O)OC(C)(C)C)CC1. The van der Waals surface area contributed by atoms with Gasteiger partial charge in [-0.25, -0.2) is 8.78 Å². The average Bonchev–Trinajstić information content (AvgIpc) is 3.70. The molecule has 78 heavy (non-hydrogen) atoms. The van der Waals surface area contributed by atoms with Gasteiger partial charge in [0, 0.05) is 95.1 Å². The quantitative estimate of drug-likeness (QED) is 0.215. The zero-order valence-corrected chi connectivity index (χ0v) is 46.9. The highest BCUT2D eigenvalue weighted by Gasteiger charge is 2.47. The fraction of sp³-hybridized carbons (Fsp3) is 0.691. The number of alkyl halides is 2. The van der Waals surface area contributed by atoms with E-state index in [0.717, 1.165) is 4.90 Å². The van der Waals surface area contributed by atoms with Gasteiger partial charge in [0.15, 0.2) is 0 Å². The zero-order chi connectivity index (χ0) is 57.2. The first-order chi connectivity index (χ1) is 36.5. The summed E-state index contributed by atoms with van der Waals surface area (Å²) in [5.41, 5.74) is -1.73. The Morgan fingerprint density at radius 3 is 1.69 bits per heavy atom. The molecule has 1 saturated carbocycles. The summed E-state index contributed by atoms with van der Waals surface area (Å²) >= 11 is 0. The van der Waals surface area contributed by atoms with Crippen molar-refractivity contribution in [2.75, 3.05) is 117 Å². The standard InChI is InChI=1S/C55H80F2N10O11/c1-51(2,3)76-46(70)33-63-20-18-62(19-21-64(34-47(71)77-52(4,5)6)23-25-65(24-22-63)35-48(72)78-53(7,8)9)32-45(69)66-26-27-75-54(36-66)15-12-38(13-16-54)49(73)61-39-10-11-43-42(28-39)41(14-17-59-43)50(74)60-31-44(68)67-37-55(56,57)29-40(67)30-58/h10-11,14,17,28,38,40H,12-13,15-16,18-27,29,31-37H2,1-9H3,(H,60,74)(H,61,73)/t38?,40-,54?/m0/s1. The lowest BCUT2D eigenvalue weighted by atomic mass is 9.77. The normalized spacial score (nSPS) is 22.6. The highest BCUT2D eigenvalue weighted by Crippen LogP contribution is 2.38. The molecule has 0 unspecified atom stereocenters. The van der Waals surface area contributed by atoms with Crippen molar-refractivity contribution in [3.8, 4) is 6.07 Å². The topological polar surface area (TPSA) is 237 Å². The Bertz CT molecular complexity index is 2490. The van der Waals surface area contributed by atoms with E-state index in [1.54, 1.807) is 24.3 Å². The lowest BCUT2D eigenvalue weighted by molar-refractivity contribution is -0.160. The second-order valence-electron chi connectivity index (χ2n) is 24.0. The third-order valence-corrected chi connectivity index (χ3v) is 13.9. The molecule has 1 aliphatic carbocycles. The second kappa shape index (κ2) is 25.9. The maximum absolute atomic E-state index is 14.4. The Labute approximate surface area is 456 Å². The Kier molecular flexibility index (Phi) is 20.4. The molecule has 4 heterocycles. The molecular weight excluding hydrogens is 1010 g/mol. The van der Waals surface area contributed by atoms with E-state index in [0.29, 0.717) is 114 Å². The number of carbonyl (C=O) groups is 7. The van der Waals surface area contributed by atoms with E-state index in [9.17, 15) is 47.6 Å². The molecule has 1 spiro atoms. The predicted octanol–water partition coefficient (Wildman–Crippen LogP) is 3.70. The van der Waals surface area contributed by atoms with Crippen LogP contribution >= 0.6 is 0 Å². The molecule has 1 aromatic carbocycles. The van der Waals surface area contributed by atoms with Crippen LogP contribution in [-0.4, -0.2) is 222 Å². The number of esters is 3. The molecule has 4 amide bonds. The number of aromatic nitrogens is 1. The van der Waals surface area contributed by atoms with Crippen LogP contribution in [0.25, 0.3) is 10.9 Å². The largest absolute Gasteiger partial charge is 0.459 e. The van der Waals surface area contributed by atoms with E-state index in [1.165, 1.54) is 12.3 Å². The number of carbonyl (C=O) groups excluding carboxylic acids is 7. The predicted molar refractivity (Wildman–Crippen MR) is 284 cm³/mol. The third-order valence-electron chi connectivity index (χ3n) is 13.9. The summed E-state index contributed by atoms with van der Waals surface area (Å²) in [4.78, 5) is 109. The number of nitriles is 1. The summed E-state index contributed by atoms with van der Waals surface area (Å²) in [6.07, 6.45) is 2.68. The van der Waals surface area contributed by atoms with Crippen molar-refractivity contribution in [1.82, 2.24) is 39.7 Å². The van der Waals surface area contributed by atoms with Crippen LogP contribution in [-0.2, 0) is 47.7 Å². The number of pyridine rings is 1. The summed E-state index contributed by atoms with van der Waals surface area (Å²) in [6.45, 7) is 19.2. The van der Waals surface area contributed by atoms with Crippen LogP contribution in [0, 0.1) is 17.2 Å². The number of morpholine rings is 1. The highest BCUT2D eigenvalue weighted by molar-refractivity contribution is 6.08. The van der Waals surface area contributed by atoms with Crippen LogP contribution < -0.4 is 10.6 Å². The maximum atomic E-state index is 14.4. The van der Waals surface area contributed by atoms with Crippen molar-refractivity contribution in [2.24, 2.45) is 5.92 Å². The average molecular weight is 1100 g/mol. The van der Waals surface area contributed by atoms with Crippen LogP contribution in [0.2, 0.25) is 0 Å². The number of nitrogens with zero attached hydrogens (tertiary/aromatic N) is 8. The van der Waals surface area contributed by atoms with Gasteiger partial charge in [-0.3, -0.25) is 58.1 Å². The minimum absolute atomic E-state index is 0.000625. The van der Waals surface area contributed by atoms with E-state index in [2.05, 4.69) is 15.6 Å². The molecule has 4 fully saturated rings. The van der Waals surface area contributed by atoms with Gasteiger partial charge in [-0.05, 0) is 112 Å². The fourth-order valence-corrected chi connectivity index (χ4v) is 10.2. The number of ether oxygens (including phenoxy) is 4. The van der Waals surface area contributed by atoms with Crippen molar-refractivity contribution in [2.45, 2.75) is 129 Å². The van der Waals surface area contributed by atoms with Gasteiger partial charge in [0.05, 0.1) is 68.6 Å². The van der Waals surface area contributed by atoms with Crippen LogP contribution in [0.1, 0.15) is 105 Å². The molecule has 4 aliphatic rings. The molecule has 21 nitrogen and oxygen atoms in total. The summed E-state index contributed by atoms with van der Waals surface area (Å²) in [5, 5.41) is 15.1. The van der Waals surface area contributed by atoms with Crippen molar-refractivity contribution in [3.05, 3.63) is 36.0 Å². The maximum Gasteiger partial charge on any atom is 0.320 e. The number of anilines is 1. The lowest BCUT2D eigenvalue weighted by Gasteiger charge is -2.46. The van der Waals surface area contributed by atoms with E-state index >= 15 is 0 Å². The number of fused-ring (bicyclic) bond motifs is 1. The Balaban J connectivity index is 1.08. The Morgan fingerprint density at radius 1 is 0.705 bits per heavy atom. The molecule has 23 heteroatoms. The van der Waals surface area contributed by atoms with Crippen LogP contribution in [0.3, 0.4) is 0 Å². The second-order valence-corrected chi connectivity index (χ2v) is 24.0. The molecular formula is C55H80F2N10O11. The zero-order valence-electron chi connectivity index (χ0n) is 46.9.